The number of ether oxygens (including phenoxy) is 2. The second kappa shape index (κ2) is 8.08. The maximum atomic E-state index is 12.2. The third kappa shape index (κ3) is 8.30. The van der Waals surface area contributed by atoms with Gasteiger partial charge in [0.05, 0.1) is 6.54 Å². The predicted octanol–water partition coefficient (Wildman–Crippen LogP) is 4.93. The Balaban J connectivity index is 2.87. The summed E-state index contributed by atoms with van der Waals surface area (Å²) in [5, 5.41) is 0. The van der Waals surface area contributed by atoms with Gasteiger partial charge in [0, 0.05) is 0 Å². The van der Waals surface area contributed by atoms with Gasteiger partial charge in [-0.15, -0.1) is 0 Å². The van der Waals surface area contributed by atoms with E-state index in [1.54, 1.807) is 45.0 Å². The average Bonchev–Trinajstić information content (AvgIpc) is 2.40. The van der Waals surface area contributed by atoms with Crippen molar-refractivity contribution in [1.82, 2.24) is 4.90 Å². The van der Waals surface area contributed by atoms with Crippen molar-refractivity contribution in [2.45, 2.75) is 36.7 Å². The number of halogens is 3. The van der Waals surface area contributed by atoms with Gasteiger partial charge in [0.25, 0.3) is 0 Å². The number of nitrogens with zero attached hydrogens (tertiary/aromatic N) is 1. The van der Waals surface area contributed by atoms with Crippen LogP contribution in [0.5, 0.6) is 0 Å². The van der Waals surface area contributed by atoms with E-state index in [1.807, 2.05) is 6.07 Å². The van der Waals surface area contributed by atoms with Gasteiger partial charge in [-0.05, 0) is 26.3 Å². The minimum Gasteiger partial charge on any atom is -0.444 e. The van der Waals surface area contributed by atoms with Gasteiger partial charge < -0.3 is 9.47 Å². The molecule has 128 valence electrons. The fraction of sp³-hybridized carbons (Fsp3) is 0.467. The Hall–Kier alpha value is -1.17. The van der Waals surface area contributed by atoms with E-state index >= 15 is 0 Å². The van der Waals surface area contributed by atoms with E-state index in [-0.39, 0.29) is 6.54 Å². The lowest BCUT2D eigenvalue weighted by atomic mass is 10.2. The molecule has 2 amide bonds. The van der Waals surface area contributed by atoms with Crippen molar-refractivity contribution in [2.24, 2.45) is 0 Å². The molecule has 0 aliphatic rings. The lowest BCUT2D eigenvalue weighted by molar-refractivity contribution is 0.0206. The zero-order valence-corrected chi connectivity index (χ0v) is 15.3. The summed E-state index contributed by atoms with van der Waals surface area (Å²) in [6.45, 7) is 4.58. The van der Waals surface area contributed by atoms with Crippen LogP contribution >= 0.6 is 34.8 Å². The summed E-state index contributed by atoms with van der Waals surface area (Å²) in [5.41, 5.74) is -0.0363. The Kier molecular flexibility index (Phi) is 6.99. The van der Waals surface area contributed by atoms with Crippen molar-refractivity contribution in [3.05, 3.63) is 35.9 Å². The number of amides is 2. The molecule has 0 saturated carbocycles. The monoisotopic (exact) mass is 381 g/mol. The number of hydrogen-bond acceptors (Lipinski definition) is 4. The van der Waals surface area contributed by atoms with E-state index in [4.69, 9.17) is 44.3 Å². The maximum absolute atomic E-state index is 12.2. The van der Waals surface area contributed by atoms with E-state index in [1.165, 1.54) is 0 Å². The molecule has 23 heavy (non-hydrogen) atoms. The van der Waals surface area contributed by atoms with E-state index in [0.717, 1.165) is 10.5 Å². The minimum atomic E-state index is -1.76. The van der Waals surface area contributed by atoms with Crippen LogP contribution in [-0.2, 0) is 16.0 Å². The number of imide groups is 1. The van der Waals surface area contributed by atoms with Crippen LogP contribution in [0.1, 0.15) is 26.3 Å². The highest BCUT2D eigenvalue weighted by Crippen LogP contribution is 2.26. The van der Waals surface area contributed by atoms with Crippen LogP contribution in [0.15, 0.2) is 30.3 Å². The number of alkyl halides is 3. The van der Waals surface area contributed by atoms with Crippen LogP contribution in [0, 0.1) is 0 Å². The second-order valence-electron chi connectivity index (χ2n) is 5.72. The van der Waals surface area contributed by atoms with Crippen molar-refractivity contribution in [1.29, 1.82) is 0 Å². The quantitative estimate of drug-likeness (QED) is 0.695. The summed E-state index contributed by atoms with van der Waals surface area (Å²) in [4.78, 5) is 25.2. The molecule has 0 atom stereocenters. The number of rotatable bonds is 3. The van der Waals surface area contributed by atoms with Gasteiger partial charge in [0.1, 0.15) is 12.2 Å². The van der Waals surface area contributed by atoms with Gasteiger partial charge in [0.15, 0.2) is 0 Å². The van der Waals surface area contributed by atoms with Crippen molar-refractivity contribution in [3.8, 4) is 0 Å². The van der Waals surface area contributed by atoms with Crippen LogP contribution in [0.3, 0.4) is 0 Å². The predicted molar refractivity (Wildman–Crippen MR) is 89.9 cm³/mol. The van der Waals surface area contributed by atoms with Gasteiger partial charge in [-0.1, -0.05) is 65.1 Å². The molecule has 8 heteroatoms. The van der Waals surface area contributed by atoms with Crippen LogP contribution in [0.25, 0.3) is 0 Å². The summed E-state index contributed by atoms with van der Waals surface area (Å²) >= 11 is 16.6. The van der Waals surface area contributed by atoms with E-state index in [2.05, 4.69) is 0 Å². The van der Waals surface area contributed by atoms with Crippen LogP contribution < -0.4 is 0 Å². The molecule has 0 unspecified atom stereocenters. The molecule has 0 N–H and O–H groups in total. The molecule has 1 aromatic carbocycles. The first-order valence-corrected chi connectivity index (χ1v) is 7.89. The molecule has 0 aromatic heterocycles. The van der Waals surface area contributed by atoms with E-state index in [0.29, 0.717) is 0 Å². The molecule has 0 aliphatic heterocycles. The van der Waals surface area contributed by atoms with E-state index < -0.39 is 28.2 Å². The summed E-state index contributed by atoms with van der Waals surface area (Å²) < 4.78 is 8.32. The molecule has 0 spiro atoms. The van der Waals surface area contributed by atoms with Crippen LogP contribution in [0.2, 0.25) is 0 Å². The molecule has 1 rings (SSSR count). The first-order chi connectivity index (χ1) is 10.5. The normalized spacial score (nSPS) is 11.7. The Morgan fingerprint density at radius 1 is 1.04 bits per heavy atom. The second-order valence-corrected chi connectivity index (χ2v) is 8.24. The molecule has 1 aromatic rings. The van der Waals surface area contributed by atoms with E-state index in [9.17, 15) is 9.59 Å². The van der Waals surface area contributed by atoms with Gasteiger partial charge in [-0.3, -0.25) is 0 Å². The minimum absolute atomic E-state index is 0.0194. The topological polar surface area (TPSA) is 55.8 Å². The maximum Gasteiger partial charge on any atom is 0.420 e. The Bertz CT molecular complexity index is 538. The molecule has 0 aliphatic carbocycles. The lowest BCUT2D eigenvalue weighted by Gasteiger charge is -2.26. The molecule has 0 heterocycles. The van der Waals surface area contributed by atoms with Crippen molar-refractivity contribution >= 4 is 47.0 Å². The number of carbonyl (C=O) groups excluding carboxylic acids is 2. The van der Waals surface area contributed by atoms with Crippen LogP contribution in [0.4, 0.5) is 9.59 Å². The van der Waals surface area contributed by atoms with Gasteiger partial charge >= 0.3 is 12.2 Å². The lowest BCUT2D eigenvalue weighted by Crippen LogP contribution is -2.41. The number of carbonyl (C=O) groups is 2. The highest BCUT2D eigenvalue weighted by atomic mass is 35.6. The highest BCUT2D eigenvalue weighted by Gasteiger charge is 2.31. The Morgan fingerprint density at radius 2 is 1.61 bits per heavy atom. The largest absolute Gasteiger partial charge is 0.444 e. The molecule has 0 bridgehead atoms. The molecule has 5 nitrogen and oxygen atoms in total. The zero-order valence-electron chi connectivity index (χ0n) is 13.0. The third-order valence-electron chi connectivity index (χ3n) is 2.38. The Morgan fingerprint density at radius 3 is 2.09 bits per heavy atom. The molecular formula is C15H18Cl3NO4. The first-order valence-electron chi connectivity index (χ1n) is 6.76. The fourth-order valence-electron chi connectivity index (χ4n) is 1.51. The van der Waals surface area contributed by atoms with Gasteiger partial charge in [0.2, 0.25) is 3.79 Å². The fourth-order valence-corrected chi connectivity index (χ4v) is 1.67. The molecule has 0 saturated heterocycles. The molecule has 0 fully saturated rings. The zero-order chi connectivity index (χ0) is 17.7. The summed E-state index contributed by atoms with van der Waals surface area (Å²) in [6.07, 6.45) is -1.79. The highest BCUT2D eigenvalue weighted by molar-refractivity contribution is 6.67. The first kappa shape index (κ1) is 19.9. The van der Waals surface area contributed by atoms with Gasteiger partial charge in [-0.2, -0.15) is 0 Å². The average molecular weight is 383 g/mol. The Labute approximate surface area is 150 Å². The number of hydrogen-bond donors (Lipinski definition) is 0. The SMILES string of the molecule is CC(C)(C)OC(=O)N(Cc1ccccc1)C(=O)OCC(Cl)(Cl)Cl. The third-order valence-corrected chi connectivity index (χ3v) is 2.70. The smallest absolute Gasteiger partial charge is 0.420 e. The summed E-state index contributed by atoms with van der Waals surface area (Å²) in [5.74, 6) is 0. The molecular weight excluding hydrogens is 365 g/mol. The molecule has 0 radical (unpaired) electrons. The van der Waals surface area contributed by atoms with Crippen molar-refractivity contribution in [2.75, 3.05) is 6.61 Å². The van der Waals surface area contributed by atoms with Crippen molar-refractivity contribution in [3.63, 3.8) is 0 Å². The van der Waals surface area contributed by atoms with Crippen molar-refractivity contribution < 1.29 is 19.1 Å². The van der Waals surface area contributed by atoms with Crippen LogP contribution in [-0.4, -0.2) is 33.1 Å². The standard InChI is InChI=1S/C15H18Cl3NO4/c1-14(2,3)23-13(21)19(9-11-7-5-4-6-8-11)12(20)22-10-15(16,17)18/h4-8H,9-10H2,1-3H3. The summed E-state index contributed by atoms with van der Waals surface area (Å²) in [7, 11) is 0. The summed E-state index contributed by atoms with van der Waals surface area (Å²) in [6, 6.07) is 8.92. The number of benzene rings is 1. The van der Waals surface area contributed by atoms with Gasteiger partial charge in [-0.25, -0.2) is 14.5 Å².